The van der Waals surface area contributed by atoms with Crippen LogP contribution in [0.2, 0.25) is 0 Å². The molecule has 1 aliphatic heterocycles. The zero-order valence-corrected chi connectivity index (χ0v) is 14.1. The summed E-state index contributed by atoms with van der Waals surface area (Å²) in [5.41, 5.74) is 1.17. The van der Waals surface area contributed by atoms with Gasteiger partial charge in [-0.2, -0.15) is 0 Å². The van der Waals surface area contributed by atoms with Gasteiger partial charge in [-0.25, -0.2) is 4.39 Å². The third kappa shape index (κ3) is 3.56. The van der Waals surface area contributed by atoms with Gasteiger partial charge >= 0.3 is 0 Å². The van der Waals surface area contributed by atoms with Crippen LogP contribution in [0.3, 0.4) is 0 Å². The van der Waals surface area contributed by atoms with E-state index in [1.807, 2.05) is 6.92 Å². The number of ether oxygens (including phenoxy) is 1. The molecule has 2 aromatic rings. The maximum Gasteiger partial charge on any atom is 0.268 e. The Balaban J connectivity index is 1.84. The molecular weight excluding hydrogens is 339 g/mol. The number of halogens is 1. The van der Waals surface area contributed by atoms with Crippen molar-refractivity contribution in [1.82, 2.24) is 0 Å². The number of carbonyl (C=O) groups excluding carboxylic acids is 3. The van der Waals surface area contributed by atoms with Crippen molar-refractivity contribution in [2.75, 3.05) is 16.8 Å². The summed E-state index contributed by atoms with van der Waals surface area (Å²) in [7, 11) is 0. The molecule has 134 valence electrons. The van der Waals surface area contributed by atoms with Crippen molar-refractivity contribution < 1.29 is 23.5 Å². The number of aldehydes is 1. The lowest BCUT2D eigenvalue weighted by atomic mass is 10.1. The Morgan fingerprint density at radius 3 is 2.65 bits per heavy atom. The second-order valence-corrected chi connectivity index (χ2v) is 5.84. The van der Waals surface area contributed by atoms with Crippen molar-refractivity contribution in [3.63, 3.8) is 0 Å². The summed E-state index contributed by atoms with van der Waals surface area (Å²) in [6.07, 6.45) is 0.417. The zero-order chi connectivity index (χ0) is 18.7. The minimum atomic E-state index is -0.691. The fourth-order valence-corrected chi connectivity index (χ4v) is 2.71. The molecule has 2 amide bonds. The van der Waals surface area contributed by atoms with Gasteiger partial charge in [-0.1, -0.05) is 6.92 Å². The number of rotatable bonds is 5. The molecule has 26 heavy (non-hydrogen) atoms. The minimum absolute atomic E-state index is 0.245. The number of hydrogen-bond acceptors (Lipinski definition) is 4. The topological polar surface area (TPSA) is 75.7 Å². The minimum Gasteiger partial charge on any atom is -0.478 e. The maximum absolute atomic E-state index is 13.0. The molecule has 0 saturated carbocycles. The van der Waals surface area contributed by atoms with Crippen LogP contribution in [0.15, 0.2) is 42.5 Å². The summed E-state index contributed by atoms with van der Waals surface area (Å²) in [4.78, 5) is 37.3. The number of nitrogens with zero attached hydrogens (tertiary/aromatic N) is 1. The van der Waals surface area contributed by atoms with Crippen LogP contribution in [0.25, 0.3) is 0 Å². The quantitative estimate of drug-likeness (QED) is 0.836. The van der Waals surface area contributed by atoms with Crippen LogP contribution in [-0.2, 0) is 9.59 Å². The smallest absolute Gasteiger partial charge is 0.268 e. The van der Waals surface area contributed by atoms with E-state index in [1.54, 1.807) is 12.1 Å². The first kappa shape index (κ1) is 17.6. The molecule has 0 radical (unpaired) electrons. The third-order valence-corrected chi connectivity index (χ3v) is 4.02. The molecule has 0 fully saturated rings. The van der Waals surface area contributed by atoms with E-state index in [-0.39, 0.29) is 12.5 Å². The van der Waals surface area contributed by atoms with Gasteiger partial charge in [0.2, 0.25) is 5.91 Å². The van der Waals surface area contributed by atoms with E-state index < -0.39 is 17.8 Å². The number of anilines is 2. The monoisotopic (exact) mass is 356 g/mol. The highest BCUT2D eigenvalue weighted by molar-refractivity contribution is 6.06. The Kier molecular flexibility index (Phi) is 4.97. The summed E-state index contributed by atoms with van der Waals surface area (Å²) in [5, 5.41) is 2.62. The van der Waals surface area contributed by atoms with Crippen LogP contribution >= 0.6 is 0 Å². The van der Waals surface area contributed by atoms with E-state index in [0.29, 0.717) is 35.4 Å². The SMILES string of the molecule is CCC1Oc2ccc(C=O)cc2N(CC(=O)Nc2ccc(F)cc2)C1=O. The maximum atomic E-state index is 13.0. The zero-order valence-electron chi connectivity index (χ0n) is 14.1. The molecule has 0 spiro atoms. The first-order valence-corrected chi connectivity index (χ1v) is 8.14. The molecule has 6 nitrogen and oxygen atoms in total. The van der Waals surface area contributed by atoms with Crippen molar-refractivity contribution in [1.29, 1.82) is 0 Å². The van der Waals surface area contributed by atoms with Gasteiger partial charge in [0.25, 0.3) is 5.91 Å². The molecule has 1 aliphatic rings. The summed E-state index contributed by atoms with van der Waals surface area (Å²) < 4.78 is 18.6. The van der Waals surface area contributed by atoms with Gasteiger partial charge in [-0.05, 0) is 48.9 Å². The third-order valence-electron chi connectivity index (χ3n) is 4.02. The summed E-state index contributed by atoms with van der Waals surface area (Å²) in [6.45, 7) is 1.56. The van der Waals surface area contributed by atoms with E-state index in [0.717, 1.165) is 0 Å². The van der Waals surface area contributed by atoms with Crippen LogP contribution in [0.5, 0.6) is 5.75 Å². The van der Waals surface area contributed by atoms with Gasteiger partial charge in [0.05, 0.1) is 5.69 Å². The number of fused-ring (bicyclic) bond motifs is 1. The molecule has 0 bridgehead atoms. The predicted octanol–water partition coefficient (Wildman–Crippen LogP) is 2.78. The van der Waals surface area contributed by atoms with Gasteiger partial charge in [0, 0.05) is 11.3 Å². The van der Waals surface area contributed by atoms with Crippen LogP contribution in [0, 0.1) is 5.82 Å². The predicted molar refractivity (Wildman–Crippen MR) is 93.9 cm³/mol. The standard InChI is InChI=1S/C19H17FN2O4/c1-2-16-19(25)22(15-9-12(11-23)3-8-17(15)26-16)10-18(24)21-14-6-4-13(20)5-7-14/h3-9,11,16H,2,10H2,1H3,(H,21,24). The van der Waals surface area contributed by atoms with Crippen LogP contribution in [0.4, 0.5) is 15.8 Å². The van der Waals surface area contributed by atoms with E-state index in [4.69, 9.17) is 4.74 Å². The average molecular weight is 356 g/mol. The largest absolute Gasteiger partial charge is 0.478 e. The van der Waals surface area contributed by atoms with Gasteiger partial charge in [0.15, 0.2) is 6.10 Å². The summed E-state index contributed by atoms with van der Waals surface area (Å²) in [6, 6.07) is 10.0. The molecule has 7 heteroatoms. The van der Waals surface area contributed by atoms with Crippen molar-refractivity contribution in [2.45, 2.75) is 19.4 Å². The fourth-order valence-electron chi connectivity index (χ4n) is 2.71. The Hall–Kier alpha value is -3.22. The van der Waals surface area contributed by atoms with Crippen molar-refractivity contribution in [3.8, 4) is 5.75 Å². The molecule has 0 aliphatic carbocycles. The molecule has 1 atom stereocenters. The number of amides is 2. The number of carbonyl (C=O) groups is 3. The summed E-state index contributed by atoms with van der Waals surface area (Å²) >= 11 is 0. The number of hydrogen-bond donors (Lipinski definition) is 1. The summed E-state index contributed by atoms with van der Waals surface area (Å²) in [5.74, 6) is -0.759. The Morgan fingerprint density at radius 2 is 2.00 bits per heavy atom. The van der Waals surface area contributed by atoms with Gasteiger partial charge < -0.3 is 10.1 Å². The molecule has 1 N–H and O–H groups in total. The normalized spacial score (nSPS) is 15.8. The molecule has 2 aromatic carbocycles. The Morgan fingerprint density at radius 1 is 1.27 bits per heavy atom. The average Bonchev–Trinajstić information content (AvgIpc) is 2.65. The van der Waals surface area contributed by atoms with Crippen LogP contribution in [-0.4, -0.2) is 30.7 Å². The highest BCUT2D eigenvalue weighted by Gasteiger charge is 2.34. The van der Waals surface area contributed by atoms with E-state index in [1.165, 1.54) is 35.2 Å². The second-order valence-electron chi connectivity index (χ2n) is 5.84. The van der Waals surface area contributed by atoms with E-state index in [9.17, 15) is 18.8 Å². The van der Waals surface area contributed by atoms with E-state index in [2.05, 4.69) is 5.32 Å². The van der Waals surface area contributed by atoms with Gasteiger partial charge in [0.1, 0.15) is 24.4 Å². The van der Waals surface area contributed by atoms with E-state index >= 15 is 0 Å². The molecule has 1 heterocycles. The lowest BCUT2D eigenvalue weighted by Crippen LogP contribution is -2.48. The lowest BCUT2D eigenvalue weighted by molar-refractivity contribution is -0.128. The van der Waals surface area contributed by atoms with Crippen LogP contribution in [0.1, 0.15) is 23.7 Å². The highest BCUT2D eigenvalue weighted by Crippen LogP contribution is 2.35. The Bertz CT molecular complexity index is 851. The Labute approximate surface area is 149 Å². The van der Waals surface area contributed by atoms with Crippen molar-refractivity contribution in [2.24, 2.45) is 0 Å². The second kappa shape index (κ2) is 7.35. The first-order valence-electron chi connectivity index (χ1n) is 8.14. The molecular formula is C19H17FN2O4. The number of nitrogens with one attached hydrogen (secondary N) is 1. The fraction of sp³-hybridized carbons (Fsp3) is 0.211. The highest BCUT2D eigenvalue weighted by atomic mass is 19.1. The van der Waals surface area contributed by atoms with Gasteiger partial charge in [-0.3, -0.25) is 19.3 Å². The van der Waals surface area contributed by atoms with Crippen LogP contribution < -0.4 is 15.0 Å². The van der Waals surface area contributed by atoms with Crippen molar-refractivity contribution >= 4 is 29.5 Å². The number of benzene rings is 2. The van der Waals surface area contributed by atoms with Gasteiger partial charge in [-0.15, -0.1) is 0 Å². The molecule has 0 aromatic heterocycles. The molecule has 1 unspecified atom stereocenters. The molecule has 0 saturated heterocycles. The lowest BCUT2D eigenvalue weighted by Gasteiger charge is -2.33. The van der Waals surface area contributed by atoms with Crippen molar-refractivity contribution in [3.05, 3.63) is 53.8 Å². The molecule has 3 rings (SSSR count). The first-order chi connectivity index (χ1) is 12.5.